The van der Waals surface area contributed by atoms with E-state index >= 15 is 0 Å². The minimum absolute atomic E-state index is 0.0184. The molecule has 1 aliphatic rings. The van der Waals surface area contributed by atoms with E-state index in [9.17, 15) is 18.0 Å². The maximum Gasteiger partial charge on any atom is 0.419 e. The minimum Gasteiger partial charge on any atom is -0.352 e. The molecule has 1 N–H and O–H groups in total. The zero-order valence-corrected chi connectivity index (χ0v) is 17.8. The van der Waals surface area contributed by atoms with Crippen molar-refractivity contribution >= 4 is 18.3 Å². The molecule has 30 heavy (non-hydrogen) atoms. The van der Waals surface area contributed by atoms with E-state index in [1.807, 2.05) is 24.3 Å². The molecule has 4 nitrogen and oxygen atoms in total. The number of allylic oxidation sites excluding steroid dienone is 3. The highest BCUT2D eigenvalue weighted by Gasteiger charge is 2.36. The van der Waals surface area contributed by atoms with Crippen molar-refractivity contribution in [2.24, 2.45) is 4.99 Å². The lowest BCUT2D eigenvalue weighted by atomic mass is 9.87. The van der Waals surface area contributed by atoms with E-state index in [0.29, 0.717) is 17.7 Å². The lowest BCUT2D eigenvalue weighted by Gasteiger charge is -2.29. The van der Waals surface area contributed by atoms with Gasteiger partial charge in [-0.3, -0.25) is 4.79 Å². The van der Waals surface area contributed by atoms with Gasteiger partial charge in [0.15, 0.2) is 0 Å². The Bertz CT molecular complexity index is 872. The fourth-order valence-corrected chi connectivity index (χ4v) is 3.15. The van der Waals surface area contributed by atoms with Crippen molar-refractivity contribution in [3.63, 3.8) is 0 Å². The molecule has 1 amide bonds. The molecule has 0 fully saturated rings. The van der Waals surface area contributed by atoms with Crippen LogP contribution in [0.2, 0.25) is 0 Å². The van der Waals surface area contributed by atoms with Crippen LogP contribution in [-0.2, 0) is 10.2 Å². The van der Waals surface area contributed by atoms with Crippen LogP contribution in [0.1, 0.15) is 39.7 Å². The molecule has 1 heterocycles. The topological polar surface area (TPSA) is 44.7 Å². The number of rotatable bonds is 5. The summed E-state index contributed by atoms with van der Waals surface area (Å²) in [6, 6.07) is 7.64. The van der Waals surface area contributed by atoms with Gasteiger partial charge in [0.1, 0.15) is 5.82 Å². The first kappa shape index (κ1) is 23.4. The third-order valence-corrected chi connectivity index (χ3v) is 4.84. The number of benzene rings is 1. The van der Waals surface area contributed by atoms with Gasteiger partial charge in [0.25, 0.3) is 5.91 Å². The second-order valence-electron chi connectivity index (χ2n) is 8.10. The van der Waals surface area contributed by atoms with Crippen LogP contribution < -0.4 is 5.32 Å². The van der Waals surface area contributed by atoms with Gasteiger partial charge in [-0.05, 0) is 43.2 Å². The predicted octanol–water partition coefficient (Wildman–Crippen LogP) is 5.61. The van der Waals surface area contributed by atoms with Crippen molar-refractivity contribution in [2.75, 3.05) is 18.4 Å². The Morgan fingerprint density at radius 3 is 2.27 bits per heavy atom. The zero-order chi connectivity index (χ0) is 22.5. The van der Waals surface area contributed by atoms with Crippen LogP contribution in [0.25, 0.3) is 0 Å². The lowest BCUT2D eigenvalue weighted by Crippen LogP contribution is -2.32. The molecule has 0 bridgehead atoms. The van der Waals surface area contributed by atoms with Crippen molar-refractivity contribution in [3.05, 3.63) is 65.0 Å². The lowest BCUT2D eigenvalue weighted by molar-refractivity contribution is -0.113. The third-order valence-electron chi connectivity index (χ3n) is 4.84. The van der Waals surface area contributed by atoms with E-state index in [1.54, 1.807) is 6.08 Å². The summed E-state index contributed by atoms with van der Waals surface area (Å²) in [5.41, 5.74) is 1.54. The van der Waals surface area contributed by atoms with Gasteiger partial charge in [0.05, 0.1) is 5.57 Å². The van der Waals surface area contributed by atoms with E-state index in [-0.39, 0.29) is 30.2 Å². The molecule has 0 aromatic heterocycles. The number of carbonyl (C=O) groups is 1. The van der Waals surface area contributed by atoms with Gasteiger partial charge in [-0.2, -0.15) is 13.2 Å². The molecule has 0 unspecified atom stereocenters. The zero-order valence-electron chi connectivity index (χ0n) is 17.8. The van der Waals surface area contributed by atoms with Gasteiger partial charge in [-0.1, -0.05) is 51.1 Å². The summed E-state index contributed by atoms with van der Waals surface area (Å²) >= 11 is 0. The number of nitrogens with one attached hydrogen (secondary N) is 1. The molecule has 1 aromatic rings. The van der Waals surface area contributed by atoms with Crippen LogP contribution in [0.4, 0.5) is 18.9 Å². The van der Waals surface area contributed by atoms with Gasteiger partial charge in [-0.15, -0.1) is 0 Å². The number of hydrogen-bond acceptors (Lipinski definition) is 3. The molecule has 0 saturated heterocycles. The first-order valence-electron chi connectivity index (χ1n) is 9.74. The van der Waals surface area contributed by atoms with Crippen LogP contribution in [0, 0.1) is 0 Å². The first-order valence-corrected chi connectivity index (χ1v) is 9.74. The van der Waals surface area contributed by atoms with Gasteiger partial charge in [0.2, 0.25) is 0 Å². The molecule has 0 atom stereocenters. The summed E-state index contributed by atoms with van der Waals surface area (Å²) in [6.07, 6.45) is -0.290. The third kappa shape index (κ3) is 5.84. The highest BCUT2D eigenvalue weighted by atomic mass is 19.4. The number of hydrogen-bond donors (Lipinski definition) is 1. The number of amides is 1. The van der Waals surface area contributed by atoms with Crippen molar-refractivity contribution in [3.8, 4) is 0 Å². The smallest absolute Gasteiger partial charge is 0.352 e. The van der Waals surface area contributed by atoms with E-state index in [2.05, 4.69) is 37.8 Å². The Morgan fingerprint density at radius 1 is 1.20 bits per heavy atom. The van der Waals surface area contributed by atoms with Crippen LogP contribution >= 0.6 is 0 Å². The number of nitrogens with zero attached hydrogens (tertiary/aromatic N) is 2. The van der Waals surface area contributed by atoms with Crippen molar-refractivity contribution in [1.82, 2.24) is 4.90 Å². The molecule has 0 spiro atoms. The Hall–Kier alpha value is -2.83. The number of alkyl halides is 3. The normalized spacial score (nSPS) is 16.2. The average molecular weight is 419 g/mol. The molecular weight excluding hydrogens is 391 g/mol. The molecule has 1 aliphatic heterocycles. The summed E-state index contributed by atoms with van der Waals surface area (Å²) < 4.78 is 40.0. The number of aliphatic imine (C=N–C) groups is 1. The number of carbonyl (C=O) groups excluding carboxylic acids is 1. The maximum absolute atomic E-state index is 13.3. The van der Waals surface area contributed by atoms with E-state index in [1.165, 1.54) is 17.9 Å². The molecule has 0 aliphatic carbocycles. The second-order valence-corrected chi connectivity index (χ2v) is 8.10. The van der Waals surface area contributed by atoms with Crippen LogP contribution in [-0.4, -0.2) is 36.8 Å². The summed E-state index contributed by atoms with van der Waals surface area (Å²) in [7, 11) is 0. The monoisotopic (exact) mass is 419 g/mol. The van der Waals surface area contributed by atoms with Crippen molar-refractivity contribution in [1.29, 1.82) is 0 Å². The Labute approximate surface area is 175 Å². The molecule has 162 valence electrons. The summed E-state index contributed by atoms with van der Waals surface area (Å²) in [6.45, 7) is 11.5. The van der Waals surface area contributed by atoms with Gasteiger partial charge >= 0.3 is 6.18 Å². The molecule has 0 radical (unpaired) electrons. The molecular formula is C23H28F3N3O. The first-order chi connectivity index (χ1) is 14.0. The van der Waals surface area contributed by atoms with Gasteiger partial charge in [-0.25, -0.2) is 4.99 Å². The second kappa shape index (κ2) is 9.32. The number of halogens is 3. The maximum atomic E-state index is 13.3. The summed E-state index contributed by atoms with van der Waals surface area (Å²) in [5, 5.41) is 2.85. The minimum atomic E-state index is -4.54. The van der Waals surface area contributed by atoms with Crippen molar-refractivity contribution < 1.29 is 18.0 Å². The van der Waals surface area contributed by atoms with E-state index in [4.69, 9.17) is 0 Å². The summed E-state index contributed by atoms with van der Waals surface area (Å²) in [4.78, 5) is 17.6. The Kier molecular flexibility index (Phi) is 7.29. The standard InChI is InChI=1S/C23H28F3N3O/c1-6-7-19(23(24,25)26)20(27-5)29-14-12-16(13-15-29)21(30)28-18-10-8-17(9-11-18)22(2,3)4/h6-12H,5,13-15H2,1-4H3,(H,28,30)/b7-6-,20-19-. The highest BCUT2D eigenvalue weighted by molar-refractivity contribution is 6.03. The van der Waals surface area contributed by atoms with Gasteiger partial charge in [0, 0.05) is 24.4 Å². The van der Waals surface area contributed by atoms with E-state index in [0.717, 1.165) is 11.6 Å². The quantitative estimate of drug-likeness (QED) is 0.498. The predicted molar refractivity (Wildman–Crippen MR) is 115 cm³/mol. The molecule has 1 aromatic carbocycles. The highest BCUT2D eigenvalue weighted by Crippen LogP contribution is 2.32. The van der Waals surface area contributed by atoms with E-state index < -0.39 is 11.7 Å². The average Bonchev–Trinajstić information content (AvgIpc) is 2.67. The largest absolute Gasteiger partial charge is 0.419 e. The van der Waals surface area contributed by atoms with Crippen LogP contribution in [0.15, 0.2) is 64.5 Å². The van der Waals surface area contributed by atoms with Crippen LogP contribution in [0.5, 0.6) is 0 Å². The Morgan fingerprint density at radius 2 is 1.83 bits per heavy atom. The fraction of sp³-hybridized carbons (Fsp3) is 0.391. The van der Waals surface area contributed by atoms with Gasteiger partial charge < -0.3 is 10.2 Å². The van der Waals surface area contributed by atoms with Crippen molar-refractivity contribution in [2.45, 2.75) is 45.7 Å². The molecule has 2 rings (SSSR count). The molecule has 7 heteroatoms. The Balaban J connectivity index is 2.13. The summed E-state index contributed by atoms with van der Waals surface area (Å²) in [5.74, 6) is -0.478. The molecule has 0 saturated carbocycles. The fourth-order valence-electron chi connectivity index (χ4n) is 3.15. The van der Waals surface area contributed by atoms with Crippen LogP contribution in [0.3, 0.4) is 0 Å². The number of anilines is 1. The SMILES string of the molecule is C=N/C(=C(\C=C/C)C(F)(F)F)N1CC=C(C(=O)Nc2ccc(C(C)(C)C)cc2)CC1.